The number of hydrogen-bond acceptors (Lipinski definition) is 3. The first-order chi connectivity index (χ1) is 11.4. The summed E-state index contributed by atoms with van der Waals surface area (Å²) in [7, 11) is 1.60. The van der Waals surface area contributed by atoms with Gasteiger partial charge in [0.15, 0.2) is 0 Å². The van der Waals surface area contributed by atoms with Crippen LogP contribution in [0.2, 0.25) is 0 Å². The highest BCUT2D eigenvalue weighted by atomic mass is 19.1. The highest BCUT2D eigenvalue weighted by Gasteiger charge is 2.66. The van der Waals surface area contributed by atoms with Gasteiger partial charge in [-0.05, 0) is 54.7 Å². The monoisotopic (exact) mass is 326 g/mol. The van der Waals surface area contributed by atoms with Crippen molar-refractivity contribution < 1.29 is 13.9 Å². The molecule has 1 amide bonds. The summed E-state index contributed by atoms with van der Waals surface area (Å²) in [6.07, 6.45) is 2.37. The van der Waals surface area contributed by atoms with Gasteiger partial charge in [-0.25, -0.2) is 4.39 Å². The van der Waals surface area contributed by atoms with Crippen molar-refractivity contribution in [2.24, 2.45) is 5.73 Å². The molecule has 2 bridgehead atoms. The van der Waals surface area contributed by atoms with Crippen LogP contribution in [0.4, 0.5) is 4.39 Å². The topological polar surface area (TPSA) is 64.3 Å². The maximum Gasteiger partial charge on any atom is 0.254 e. The van der Waals surface area contributed by atoms with Crippen LogP contribution in [-0.4, -0.2) is 24.1 Å². The van der Waals surface area contributed by atoms with Gasteiger partial charge in [0.25, 0.3) is 5.91 Å². The van der Waals surface area contributed by atoms with Crippen molar-refractivity contribution in [3.63, 3.8) is 0 Å². The predicted octanol–water partition coefficient (Wildman–Crippen LogP) is 2.86. The van der Waals surface area contributed by atoms with Crippen molar-refractivity contribution in [1.82, 2.24) is 5.32 Å². The quantitative estimate of drug-likeness (QED) is 0.908. The number of amides is 1. The Labute approximate surface area is 139 Å². The van der Waals surface area contributed by atoms with Crippen LogP contribution in [0.25, 0.3) is 11.1 Å². The number of nitrogens with two attached hydrogens (primary N) is 1. The molecule has 0 unspecified atom stereocenters. The fraction of sp³-hybridized carbons (Fsp3) is 0.316. The average molecular weight is 326 g/mol. The number of halogens is 1. The summed E-state index contributed by atoms with van der Waals surface area (Å²) in [6, 6.07) is 12.0. The first kappa shape index (κ1) is 15.1. The Morgan fingerprint density at radius 2 is 1.75 bits per heavy atom. The van der Waals surface area contributed by atoms with Gasteiger partial charge in [-0.1, -0.05) is 18.2 Å². The largest absolute Gasteiger partial charge is 0.497 e. The van der Waals surface area contributed by atoms with Gasteiger partial charge in [0, 0.05) is 11.1 Å². The minimum Gasteiger partial charge on any atom is -0.497 e. The van der Waals surface area contributed by atoms with E-state index in [1.807, 2.05) is 24.3 Å². The Kier molecular flexibility index (Phi) is 3.18. The molecule has 2 aromatic carbocycles. The van der Waals surface area contributed by atoms with E-state index in [0.29, 0.717) is 0 Å². The van der Waals surface area contributed by atoms with Gasteiger partial charge in [0.05, 0.1) is 12.7 Å². The van der Waals surface area contributed by atoms with Crippen LogP contribution in [0.5, 0.6) is 5.75 Å². The van der Waals surface area contributed by atoms with Gasteiger partial charge in [0.1, 0.15) is 11.6 Å². The van der Waals surface area contributed by atoms with Crippen LogP contribution in [0.15, 0.2) is 42.5 Å². The van der Waals surface area contributed by atoms with Crippen molar-refractivity contribution in [2.75, 3.05) is 7.11 Å². The molecule has 5 heteroatoms. The third-order valence-electron chi connectivity index (χ3n) is 5.09. The summed E-state index contributed by atoms with van der Waals surface area (Å²) in [5.74, 6) is -0.142. The molecule has 124 valence electrons. The van der Waals surface area contributed by atoms with Crippen molar-refractivity contribution in [1.29, 1.82) is 0 Å². The van der Waals surface area contributed by atoms with Gasteiger partial charge in [-0.3, -0.25) is 4.79 Å². The summed E-state index contributed by atoms with van der Waals surface area (Å²) in [5.41, 5.74) is 7.35. The smallest absolute Gasteiger partial charge is 0.254 e. The number of carbonyl (C=O) groups excluding carboxylic acids is 1. The average Bonchev–Trinajstić information content (AvgIpc) is 2.52. The summed E-state index contributed by atoms with van der Waals surface area (Å²) >= 11 is 0. The fourth-order valence-corrected chi connectivity index (χ4v) is 3.97. The lowest BCUT2D eigenvalue weighted by Crippen LogP contribution is -2.82. The molecule has 4 nitrogen and oxygen atoms in total. The highest BCUT2D eigenvalue weighted by Crippen LogP contribution is 2.58. The minimum absolute atomic E-state index is 0.0723. The van der Waals surface area contributed by atoms with Crippen LogP contribution in [0, 0.1) is 5.82 Å². The standard InChI is InChI=1S/C19H19FN2O2/c1-24-14-5-2-12(3-6-14)13-4-7-15(16(20)8-13)17(23)22-19-9-18(21,10-19)11-19/h2-8H,9-11,21H2,1H3,(H,22,23). The number of methoxy groups -OCH3 is 1. The van der Waals surface area contributed by atoms with Crippen LogP contribution in [0.3, 0.4) is 0 Å². The number of hydrogen-bond donors (Lipinski definition) is 2. The fourth-order valence-electron chi connectivity index (χ4n) is 3.97. The summed E-state index contributed by atoms with van der Waals surface area (Å²) < 4.78 is 19.5. The molecular weight excluding hydrogens is 307 g/mol. The molecule has 2 aromatic rings. The Bertz CT molecular complexity index is 797. The van der Waals surface area contributed by atoms with E-state index in [2.05, 4.69) is 5.32 Å². The number of benzene rings is 2. The van der Waals surface area contributed by atoms with Crippen LogP contribution >= 0.6 is 0 Å². The zero-order valence-corrected chi connectivity index (χ0v) is 13.4. The number of ether oxygens (including phenoxy) is 1. The lowest BCUT2D eigenvalue weighted by molar-refractivity contribution is -0.0712. The van der Waals surface area contributed by atoms with E-state index in [0.717, 1.165) is 36.1 Å². The highest BCUT2D eigenvalue weighted by molar-refractivity contribution is 5.96. The van der Waals surface area contributed by atoms with Gasteiger partial charge >= 0.3 is 0 Å². The lowest BCUT2D eigenvalue weighted by Gasteiger charge is -2.68. The number of carbonyl (C=O) groups is 1. The first-order valence-electron chi connectivity index (χ1n) is 7.97. The molecule has 0 aliphatic heterocycles. The van der Waals surface area contributed by atoms with Crippen molar-refractivity contribution in [3.05, 3.63) is 53.8 Å². The van der Waals surface area contributed by atoms with Gasteiger partial charge in [0.2, 0.25) is 0 Å². The lowest BCUT2D eigenvalue weighted by atomic mass is 9.44. The molecule has 0 saturated heterocycles. The Morgan fingerprint density at radius 1 is 1.12 bits per heavy atom. The number of rotatable bonds is 4. The molecule has 3 fully saturated rings. The molecule has 0 radical (unpaired) electrons. The van der Waals surface area contributed by atoms with E-state index in [1.54, 1.807) is 13.2 Å². The zero-order valence-electron chi connectivity index (χ0n) is 13.4. The molecule has 0 spiro atoms. The van der Waals surface area contributed by atoms with E-state index < -0.39 is 5.82 Å². The van der Waals surface area contributed by atoms with E-state index in [4.69, 9.17) is 10.5 Å². The second-order valence-corrected chi connectivity index (χ2v) is 7.05. The van der Waals surface area contributed by atoms with Gasteiger partial charge in [-0.15, -0.1) is 0 Å². The van der Waals surface area contributed by atoms with Crippen LogP contribution < -0.4 is 15.8 Å². The molecule has 24 heavy (non-hydrogen) atoms. The third-order valence-corrected chi connectivity index (χ3v) is 5.09. The molecular formula is C19H19FN2O2. The number of nitrogens with one attached hydrogen (secondary N) is 1. The van der Waals surface area contributed by atoms with Crippen molar-refractivity contribution >= 4 is 5.91 Å². The molecule has 5 rings (SSSR count). The molecule has 0 heterocycles. The second kappa shape index (κ2) is 5.05. The molecule has 3 aliphatic rings. The maximum absolute atomic E-state index is 14.4. The van der Waals surface area contributed by atoms with Crippen LogP contribution in [0.1, 0.15) is 29.6 Å². The molecule has 3 N–H and O–H groups in total. The Hall–Kier alpha value is -2.40. The third kappa shape index (κ3) is 2.36. The van der Waals surface area contributed by atoms with E-state index in [1.165, 1.54) is 12.1 Å². The zero-order chi connectivity index (χ0) is 16.9. The van der Waals surface area contributed by atoms with Gasteiger partial charge in [-0.2, -0.15) is 0 Å². The Morgan fingerprint density at radius 3 is 2.29 bits per heavy atom. The SMILES string of the molecule is COc1ccc(-c2ccc(C(=O)NC34CC(N)(C3)C4)c(F)c2)cc1. The van der Waals surface area contributed by atoms with Gasteiger partial charge < -0.3 is 15.8 Å². The van der Waals surface area contributed by atoms with Crippen molar-refractivity contribution in [3.8, 4) is 16.9 Å². The maximum atomic E-state index is 14.4. The summed E-state index contributed by atoms with van der Waals surface area (Å²) in [6.45, 7) is 0. The summed E-state index contributed by atoms with van der Waals surface area (Å²) in [5, 5.41) is 2.94. The normalized spacial score (nSPS) is 27.0. The van der Waals surface area contributed by atoms with E-state index >= 15 is 0 Å². The van der Waals surface area contributed by atoms with Crippen LogP contribution in [-0.2, 0) is 0 Å². The molecule has 0 aromatic heterocycles. The minimum atomic E-state index is -0.519. The summed E-state index contributed by atoms with van der Waals surface area (Å²) in [4.78, 5) is 12.3. The Balaban J connectivity index is 1.52. The molecule has 3 saturated carbocycles. The first-order valence-corrected chi connectivity index (χ1v) is 7.97. The molecule has 3 aliphatic carbocycles. The second-order valence-electron chi connectivity index (χ2n) is 7.05. The van der Waals surface area contributed by atoms with Crippen molar-refractivity contribution in [2.45, 2.75) is 30.3 Å². The predicted molar refractivity (Wildman–Crippen MR) is 89.4 cm³/mol. The molecule has 0 atom stereocenters. The van der Waals surface area contributed by atoms with E-state index in [-0.39, 0.29) is 22.5 Å². The van der Waals surface area contributed by atoms with E-state index in [9.17, 15) is 9.18 Å².